The van der Waals surface area contributed by atoms with Gasteiger partial charge in [0.1, 0.15) is 0 Å². The lowest BCUT2D eigenvalue weighted by atomic mass is 12.0. The highest BCUT2D eigenvalue weighted by atomic mass is 32.3. The van der Waals surface area contributed by atoms with E-state index in [1.54, 1.807) is 0 Å². The van der Waals surface area contributed by atoms with E-state index >= 15 is 0 Å². The Kier molecular flexibility index (Phi) is 8.64. The number of rotatable bonds is 0. The van der Waals surface area contributed by atoms with Gasteiger partial charge in [0, 0.05) is 25.3 Å². The van der Waals surface area contributed by atoms with Gasteiger partial charge in [0.05, 0.1) is 0 Å². The second-order valence-corrected chi connectivity index (χ2v) is 1.22. The molecule has 0 aromatic rings. The minimum atomic E-state index is -5.17. The standard InChI is InChI=1S/2CH3.H2O4S/c;;1-5(2,3)4/h2*1H3;(H2,1,2,3,4)/q2*+1;/p-2. The summed E-state index contributed by atoms with van der Waals surface area (Å²) >= 11 is 0. The highest BCUT2D eigenvalue weighted by Crippen LogP contribution is 1.57. The average molecular weight is 126 g/mol. The van der Waals surface area contributed by atoms with Crippen LogP contribution in [0.25, 0.3) is 0 Å². The zero-order valence-electron chi connectivity index (χ0n) is 4.04. The van der Waals surface area contributed by atoms with Crippen LogP contribution in [-0.4, -0.2) is 17.5 Å². The molecule has 0 radical (unpaired) electrons. The molecule has 44 valence electrons. The van der Waals surface area contributed by atoms with Crippen LogP contribution in [0.3, 0.4) is 0 Å². The van der Waals surface area contributed by atoms with Gasteiger partial charge in [-0.2, -0.15) is 0 Å². The molecule has 0 bridgehead atoms. The minimum Gasteiger partial charge on any atom is -0.759 e. The molecule has 0 amide bonds. The van der Waals surface area contributed by atoms with Crippen LogP contribution in [0.15, 0.2) is 0 Å². The zero-order chi connectivity index (χ0) is 4.50. The van der Waals surface area contributed by atoms with Gasteiger partial charge in [-0.25, -0.2) is 0 Å². The first-order valence-electron chi connectivity index (χ1n) is 0.667. The Bertz CT molecular complexity index is 92.9. The van der Waals surface area contributed by atoms with Gasteiger partial charge in [-0.3, -0.25) is 8.42 Å². The summed E-state index contributed by atoms with van der Waals surface area (Å²) in [5.41, 5.74) is 0. The lowest BCUT2D eigenvalue weighted by Crippen LogP contribution is -1.91. The van der Waals surface area contributed by atoms with Gasteiger partial charge < -0.3 is 9.11 Å². The second-order valence-electron chi connectivity index (χ2n) is 0.408. The summed E-state index contributed by atoms with van der Waals surface area (Å²) in [5, 5.41) is 0. The van der Waals surface area contributed by atoms with Gasteiger partial charge in [-0.15, -0.1) is 0 Å². The van der Waals surface area contributed by atoms with Gasteiger partial charge in [-0.05, 0) is 0 Å². The Morgan fingerprint density at radius 2 is 1.00 bits per heavy atom. The molecule has 0 aromatic heterocycles. The summed E-state index contributed by atoms with van der Waals surface area (Å²) in [6.07, 6.45) is 0. The highest BCUT2D eigenvalue weighted by Gasteiger charge is 1.49. The van der Waals surface area contributed by atoms with Crippen molar-refractivity contribution in [2.24, 2.45) is 0 Å². The monoisotopic (exact) mass is 126 g/mol. The van der Waals surface area contributed by atoms with Crippen LogP contribution < -0.4 is 0 Å². The molecule has 0 atom stereocenters. The Morgan fingerprint density at radius 3 is 1.00 bits per heavy atom. The molecule has 5 heteroatoms. The summed E-state index contributed by atoms with van der Waals surface area (Å²) in [6, 6.07) is 0. The van der Waals surface area contributed by atoms with Crippen LogP contribution in [0.5, 0.6) is 0 Å². The van der Waals surface area contributed by atoms with Crippen molar-refractivity contribution >= 4 is 10.4 Å². The van der Waals surface area contributed by atoms with Crippen molar-refractivity contribution in [1.82, 2.24) is 0 Å². The molecule has 0 rings (SSSR count). The zero-order valence-corrected chi connectivity index (χ0v) is 4.86. The van der Waals surface area contributed by atoms with E-state index < -0.39 is 10.4 Å². The number of hydrogen-bond acceptors (Lipinski definition) is 4. The SMILES string of the molecule is O=S(=O)([O-])[O-].[CH3+].[CH3+]. The van der Waals surface area contributed by atoms with E-state index in [2.05, 4.69) is 0 Å². The summed E-state index contributed by atoms with van der Waals surface area (Å²) in [7, 11) is -5.17. The molecule has 0 saturated carbocycles. The summed E-state index contributed by atoms with van der Waals surface area (Å²) in [6.45, 7) is 0. The lowest BCUT2D eigenvalue weighted by Gasteiger charge is -2.06. The first-order valence-corrected chi connectivity index (χ1v) is 2.00. The fraction of sp³-hybridized carbons (Fsp3) is 0. The highest BCUT2D eigenvalue weighted by molar-refractivity contribution is 7.79. The van der Waals surface area contributed by atoms with Gasteiger partial charge >= 0.3 is 0 Å². The van der Waals surface area contributed by atoms with Gasteiger partial charge in [0.15, 0.2) is 0 Å². The molecule has 0 spiro atoms. The second kappa shape index (κ2) is 3.79. The van der Waals surface area contributed by atoms with E-state index in [0.29, 0.717) is 0 Å². The van der Waals surface area contributed by atoms with Gasteiger partial charge in [0.25, 0.3) is 0 Å². The van der Waals surface area contributed by atoms with Crippen molar-refractivity contribution < 1.29 is 17.5 Å². The predicted molar refractivity (Wildman–Crippen MR) is 23.3 cm³/mol. The molecular weight excluding hydrogens is 120 g/mol. The van der Waals surface area contributed by atoms with Crippen LogP contribution in [0.4, 0.5) is 0 Å². The Balaban J connectivity index is -0.0000000800. The maximum absolute atomic E-state index is 8.52. The van der Waals surface area contributed by atoms with Crippen molar-refractivity contribution in [3.8, 4) is 0 Å². The normalized spacial score (nSPS) is 8.29. The molecule has 0 N–H and O–H groups in total. The van der Waals surface area contributed by atoms with Crippen LogP contribution in [0.2, 0.25) is 0 Å². The first kappa shape index (κ1) is 16.0. The summed E-state index contributed by atoms with van der Waals surface area (Å²) in [5.74, 6) is 0. The van der Waals surface area contributed by atoms with Crippen molar-refractivity contribution in [3.05, 3.63) is 14.9 Å². The van der Waals surface area contributed by atoms with Crippen molar-refractivity contribution in [2.45, 2.75) is 0 Å². The Morgan fingerprint density at radius 1 is 1.00 bits per heavy atom. The fourth-order valence-corrected chi connectivity index (χ4v) is 0. The third-order valence-electron chi connectivity index (χ3n) is 0. The lowest BCUT2D eigenvalue weighted by molar-refractivity contribution is 0.352. The van der Waals surface area contributed by atoms with Gasteiger partial charge in [-0.1, -0.05) is 0 Å². The molecule has 0 unspecified atom stereocenters. The quantitative estimate of drug-likeness (QED) is 0.250. The van der Waals surface area contributed by atoms with Crippen molar-refractivity contribution in [2.75, 3.05) is 0 Å². The molecule has 4 nitrogen and oxygen atoms in total. The van der Waals surface area contributed by atoms with E-state index in [9.17, 15) is 0 Å². The molecule has 0 aliphatic heterocycles. The van der Waals surface area contributed by atoms with Gasteiger partial charge in [0.2, 0.25) is 0 Å². The van der Waals surface area contributed by atoms with E-state index in [4.69, 9.17) is 17.5 Å². The largest absolute Gasteiger partial charge is 0.759 e. The van der Waals surface area contributed by atoms with Crippen molar-refractivity contribution in [3.63, 3.8) is 0 Å². The smallest absolute Gasteiger partial charge is 0.0467 e. The molecule has 0 fully saturated rings. The van der Waals surface area contributed by atoms with Crippen LogP contribution in [-0.2, 0) is 10.4 Å². The Labute approximate surface area is 43.7 Å². The Hall–Kier alpha value is -0.390. The molecular formula is C2H6O4S. The molecule has 0 aliphatic carbocycles. The van der Waals surface area contributed by atoms with Crippen LogP contribution in [0.1, 0.15) is 0 Å². The average Bonchev–Trinajstić information content (AvgIpc) is 0.722. The fourth-order valence-electron chi connectivity index (χ4n) is 0. The third-order valence-corrected chi connectivity index (χ3v) is 0. The molecule has 7 heavy (non-hydrogen) atoms. The van der Waals surface area contributed by atoms with Crippen LogP contribution in [0, 0.1) is 14.9 Å². The van der Waals surface area contributed by atoms with E-state index in [1.807, 2.05) is 0 Å². The molecule has 0 saturated heterocycles. The summed E-state index contributed by atoms with van der Waals surface area (Å²) in [4.78, 5) is 0. The molecule has 0 heterocycles. The first-order chi connectivity index (χ1) is 2.00. The molecule has 0 aliphatic rings. The minimum absolute atomic E-state index is 0. The maximum atomic E-state index is 8.52. The van der Waals surface area contributed by atoms with E-state index in [1.165, 1.54) is 0 Å². The summed E-state index contributed by atoms with van der Waals surface area (Å²) < 4.78 is 34.1. The van der Waals surface area contributed by atoms with Crippen molar-refractivity contribution in [1.29, 1.82) is 0 Å². The number of hydrogen-bond donors (Lipinski definition) is 0. The van der Waals surface area contributed by atoms with E-state index in [0.717, 1.165) is 0 Å². The maximum Gasteiger partial charge on any atom is 0.0467 e. The third kappa shape index (κ3) is 481. The predicted octanol–water partition coefficient (Wildman–Crippen LogP) is -0.437. The van der Waals surface area contributed by atoms with E-state index in [-0.39, 0.29) is 14.9 Å². The topological polar surface area (TPSA) is 80.3 Å². The van der Waals surface area contributed by atoms with Crippen LogP contribution >= 0.6 is 0 Å². The molecule has 0 aromatic carbocycles.